The lowest BCUT2D eigenvalue weighted by Gasteiger charge is -2.16. The van der Waals surface area contributed by atoms with E-state index < -0.39 is 0 Å². The smallest absolute Gasteiger partial charge is 0.225 e. The second-order valence-electron chi connectivity index (χ2n) is 5.97. The molecule has 0 bridgehead atoms. The van der Waals surface area contributed by atoms with Crippen molar-refractivity contribution < 1.29 is 9.59 Å². The van der Waals surface area contributed by atoms with Gasteiger partial charge in [0.2, 0.25) is 11.8 Å². The summed E-state index contributed by atoms with van der Waals surface area (Å²) < 4.78 is 0. The van der Waals surface area contributed by atoms with Crippen LogP contribution in [0.3, 0.4) is 0 Å². The molecule has 1 aliphatic heterocycles. The van der Waals surface area contributed by atoms with Gasteiger partial charge in [0.1, 0.15) is 0 Å². The van der Waals surface area contributed by atoms with Gasteiger partial charge in [-0.3, -0.25) is 9.59 Å². The van der Waals surface area contributed by atoms with E-state index in [1.807, 2.05) is 48.5 Å². The fourth-order valence-electron chi connectivity index (χ4n) is 2.87. The Bertz CT molecular complexity index is 733. The minimum atomic E-state index is -0.302. The molecule has 124 valence electrons. The highest BCUT2D eigenvalue weighted by Crippen LogP contribution is 2.21. The minimum Gasteiger partial charge on any atom is -0.352 e. The molecule has 1 atom stereocenters. The molecule has 0 saturated carbocycles. The fraction of sp³-hybridized carbons (Fsp3) is 0.263. The second kappa shape index (κ2) is 7.49. The Kier molecular flexibility index (Phi) is 5.16. The van der Waals surface area contributed by atoms with Crippen molar-refractivity contribution in [3.05, 3.63) is 70.7 Å². The van der Waals surface area contributed by atoms with Crippen molar-refractivity contribution in [1.29, 1.82) is 0 Å². The van der Waals surface area contributed by atoms with Crippen molar-refractivity contribution in [3.63, 3.8) is 0 Å². The van der Waals surface area contributed by atoms with Crippen LogP contribution in [0.5, 0.6) is 0 Å². The van der Waals surface area contributed by atoms with E-state index in [0.29, 0.717) is 24.7 Å². The molecule has 1 N–H and O–H groups in total. The molecule has 0 unspecified atom stereocenters. The van der Waals surface area contributed by atoms with Gasteiger partial charge in [0.25, 0.3) is 0 Å². The van der Waals surface area contributed by atoms with Crippen LogP contribution in [0, 0.1) is 5.92 Å². The monoisotopic (exact) mass is 342 g/mol. The lowest BCUT2D eigenvalue weighted by molar-refractivity contribution is -0.129. The van der Waals surface area contributed by atoms with Crippen LogP contribution in [0.2, 0.25) is 5.02 Å². The number of carbonyl (C=O) groups is 2. The molecule has 3 rings (SSSR count). The van der Waals surface area contributed by atoms with Gasteiger partial charge in [0.05, 0.1) is 5.92 Å². The van der Waals surface area contributed by atoms with E-state index in [1.54, 1.807) is 11.0 Å². The van der Waals surface area contributed by atoms with E-state index in [2.05, 4.69) is 5.32 Å². The summed E-state index contributed by atoms with van der Waals surface area (Å²) in [6.07, 6.45) is 0.265. The predicted octanol–water partition coefficient (Wildman–Crippen LogP) is 3.00. The summed E-state index contributed by atoms with van der Waals surface area (Å²) in [6, 6.07) is 17.2. The van der Waals surface area contributed by atoms with E-state index in [9.17, 15) is 9.59 Å². The Balaban J connectivity index is 1.55. The molecule has 0 aromatic heterocycles. The molecule has 5 heteroatoms. The maximum absolute atomic E-state index is 12.3. The van der Waals surface area contributed by atoms with Crippen molar-refractivity contribution in [2.45, 2.75) is 19.5 Å². The number of hydrogen-bond donors (Lipinski definition) is 1. The summed E-state index contributed by atoms with van der Waals surface area (Å²) in [5, 5.41) is 3.51. The van der Waals surface area contributed by atoms with Gasteiger partial charge in [-0.05, 0) is 17.2 Å². The molecule has 2 amide bonds. The van der Waals surface area contributed by atoms with Crippen LogP contribution < -0.4 is 5.32 Å². The number of benzene rings is 2. The SMILES string of the molecule is O=C(NCc1ccccc1Cl)[C@@H]1CC(=O)N(Cc2ccccc2)C1. The third kappa shape index (κ3) is 3.95. The topological polar surface area (TPSA) is 49.4 Å². The van der Waals surface area contributed by atoms with Crippen molar-refractivity contribution in [2.24, 2.45) is 5.92 Å². The molecular weight excluding hydrogens is 324 g/mol. The molecule has 4 nitrogen and oxygen atoms in total. The Hall–Kier alpha value is -2.33. The maximum Gasteiger partial charge on any atom is 0.225 e. The third-order valence-corrected chi connectivity index (χ3v) is 4.58. The number of likely N-dealkylation sites (tertiary alicyclic amines) is 1. The van der Waals surface area contributed by atoms with Gasteiger partial charge in [0.15, 0.2) is 0 Å². The molecule has 1 saturated heterocycles. The number of hydrogen-bond acceptors (Lipinski definition) is 2. The molecule has 1 heterocycles. The van der Waals surface area contributed by atoms with Gasteiger partial charge in [-0.1, -0.05) is 60.1 Å². The van der Waals surface area contributed by atoms with Crippen LogP contribution in [0.4, 0.5) is 0 Å². The van der Waals surface area contributed by atoms with Gasteiger partial charge in [0, 0.05) is 31.1 Å². The lowest BCUT2D eigenvalue weighted by Crippen LogP contribution is -2.32. The van der Waals surface area contributed by atoms with E-state index in [0.717, 1.165) is 11.1 Å². The molecule has 0 spiro atoms. The summed E-state index contributed by atoms with van der Waals surface area (Å²) in [6.45, 7) is 1.39. The van der Waals surface area contributed by atoms with Crippen molar-refractivity contribution in [2.75, 3.05) is 6.54 Å². The number of nitrogens with zero attached hydrogens (tertiary/aromatic N) is 1. The average molecular weight is 343 g/mol. The third-order valence-electron chi connectivity index (χ3n) is 4.21. The van der Waals surface area contributed by atoms with E-state index in [1.165, 1.54) is 0 Å². The van der Waals surface area contributed by atoms with Crippen molar-refractivity contribution in [3.8, 4) is 0 Å². The number of halogens is 1. The maximum atomic E-state index is 12.3. The van der Waals surface area contributed by atoms with Crippen LogP contribution in [0.25, 0.3) is 0 Å². The quantitative estimate of drug-likeness (QED) is 0.908. The summed E-state index contributed by atoms with van der Waals surface area (Å²) >= 11 is 6.09. The molecule has 0 aliphatic carbocycles. The second-order valence-corrected chi connectivity index (χ2v) is 6.38. The number of nitrogens with one attached hydrogen (secondary N) is 1. The van der Waals surface area contributed by atoms with Crippen LogP contribution in [0.15, 0.2) is 54.6 Å². The Morgan fingerprint density at radius 2 is 1.83 bits per heavy atom. The average Bonchev–Trinajstić information content (AvgIpc) is 2.96. The standard InChI is InChI=1S/C19H19ClN2O2/c20-17-9-5-4-8-15(17)11-21-19(24)16-10-18(23)22(13-16)12-14-6-2-1-3-7-14/h1-9,16H,10-13H2,(H,21,24)/t16-/m1/s1. The number of rotatable bonds is 5. The lowest BCUT2D eigenvalue weighted by atomic mass is 10.1. The molecule has 2 aromatic carbocycles. The Morgan fingerprint density at radius 3 is 2.58 bits per heavy atom. The fourth-order valence-corrected chi connectivity index (χ4v) is 3.08. The highest BCUT2D eigenvalue weighted by atomic mass is 35.5. The molecular formula is C19H19ClN2O2. The molecule has 1 aliphatic rings. The zero-order chi connectivity index (χ0) is 16.9. The zero-order valence-corrected chi connectivity index (χ0v) is 14.0. The van der Waals surface area contributed by atoms with E-state index >= 15 is 0 Å². The first-order valence-corrected chi connectivity index (χ1v) is 8.34. The van der Waals surface area contributed by atoms with Crippen LogP contribution in [-0.2, 0) is 22.7 Å². The summed E-state index contributed by atoms with van der Waals surface area (Å²) in [5.41, 5.74) is 1.95. The molecule has 2 aromatic rings. The predicted molar refractivity (Wildman–Crippen MR) is 93.3 cm³/mol. The molecule has 0 radical (unpaired) electrons. The van der Waals surface area contributed by atoms with Crippen LogP contribution in [-0.4, -0.2) is 23.3 Å². The highest BCUT2D eigenvalue weighted by Gasteiger charge is 2.34. The first-order chi connectivity index (χ1) is 11.6. The number of carbonyl (C=O) groups excluding carboxylic acids is 2. The van der Waals surface area contributed by atoms with E-state index in [4.69, 9.17) is 11.6 Å². The molecule has 1 fully saturated rings. The highest BCUT2D eigenvalue weighted by molar-refractivity contribution is 6.31. The van der Waals surface area contributed by atoms with Gasteiger partial charge < -0.3 is 10.2 Å². The Morgan fingerprint density at radius 1 is 1.12 bits per heavy atom. The van der Waals surface area contributed by atoms with Crippen LogP contribution >= 0.6 is 11.6 Å². The van der Waals surface area contributed by atoms with Gasteiger partial charge in [-0.2, -0.15) is 0 Å². The van der Waals surface area contributed by atoms with Crippen LogP contribution in [0.1, 0.15) is 17.5 Å². The van der Waals surface area contributed by atoms with Crippen molar-refractivity contribution in [1.82, 2.24) is 10.2 Å². The Labute approximate surface area is 146 Å². The minimum absolute atomic E-state index is 0.0248. The molecule has 24 heavy (non-hydrogen) atoms. The summed E-state index contributed by atoms with van der Waals surface area (Å²) in [4.78, 5) is 26.2. The summed E-state index contributed by atoms with van der Waals surface area (Å²) in [7, 11) is 0. The van der Waals surface area contributed by atoms with Crippen molar-refractivity contribution >= 4 is 23.4 Å². The first-order valence-electron chi connectivity index (χ1n) is 7.96. The number of amides is 2. The van der Waals surface area contributed by atoms with Gasteiger partial charge in [-0.15, -0.1) is 0 Å². The zero-order valence-electron chi connectivity index (χ0n) is 13.2. The van der Waals surface area contributed by atoms with E-state index in [-0.39, 0.29) is 24.2 Å². The first kappa shape index (κ1) is 16.5. The summed E-state index contributed by atoms with van der Waals surface area (Å²) in [5.74, 6) is -0.376. The largest absolute Gasteiger partial charge is 0.352 e. The van der Waals surface area contributed by atoms with Gasteiger partial charge >= 0.3 is 0 Å². The normalized spacial score (nSPS) is 17.1. The van der Waals surface area contributed by atoms with Gasteiger partial charge in [-0.25, -0.2) is 0 Å².